The maximum absolute atomic E-state index is 16.7. The minimum atomic E-state index is -2.40. The van der Waals surface area contributed by atoms with Crippen LogP contribution in [-0.4, -0.2) is 226 Å². The highest BCUT2D eigenvalue weighted by Gasteiger charge is 2.53. The molecule has 8 aliphatic rings. The number of carbonyl (C=O) groups is 8. The van der Waals surface area contributed by atoms with Crippen molar-refractivity contribution in [2.75, 3.05) is 19.4 Å². The minimum absolute atomic E-state index is 0.104. The van der Waals surface area contributed by atoms with Gasteiger partial charge in [0.15, 0.2) is 30.2 Å². The topological polar surface area (TPSA) is 561 Å². The van der Waals surface area contributed by atoms with Gasteiger partial charge in [0.05, 0.1) is 59.6 Å². The van der Waals surface area contributed by atoms with Crippen LogP contribution in [0.15, 0.2) is 127 Å². The molecule has 7 amide bonds. The number of amides is 7. The third kappa shape index (κ3) is 21.2. The van der Waals surface area contributed by atoms with Gasteiger partial charge < -0.3 is 143 Å². The lowest BCUT2D eigenvalue weighted by atomic mass is 9.84. The van der Waals surface area contributed by atoms with Gasteiger partial charge in [-0.25, -0.2) is 0 Å². The molecule has 1 unspecified atom stereocenters. The molecule has 22 N–H and O–H groups in total. The van der Waals surface area contributed by atoms with Crippen LogP contribution in [0.3, 0.4) is 0 Å². The number of thioether (sulfide) groups is 1. The number of nitrogens with two attached hydrogens (primary N) is 2. The molecular formula is C88H101Cl3N10O26S. The van der Waals surface area contributed by atoms with Crippen LogP contribution in [0.25, 0.3) is 22.3 Å². The van der Waals surface area contributed by atoms with E-state index in [0.717, 1.165) is 77.0 Å². The SMILES string of the molecule is CCCSC(=O)[C@H]1NC(=O)[C@H]2NC(=O)[C@H](NC(=O)[C@@H]3NC(=O)[C@H](CC(N)=O)NC(=O)[C@H](NC(=O)[C@@H](CC(C)O)NC)[C@H](O)c4ccc(c(Cl)c4)Oc4cc3cc(c4O[C@@H]3O[C@H](CO)[C@@H](O)[C@H](O)[C@H]3O[C@H]3C[C@](C)(NCc4ccc(-c5ccc(Cl)cc5)cc4)[C@@H](O)[C@H](C)O3)Oc3ccc(cc3Cl)[C@H]2O[C@H]2C[C@](C)(N)[C@@H](O)[C@H](C)O2)c2ccc(O)c(c2)-c2c(O)cc(O)cc21. The Labute approximate surface area is 753 Å². The van der Waals surface area contributed by atoms with E-state index in [1.165, 1.54) is 58.2 Å². The van der Waals surface area contributed by atoms with Gasteiger partial charge in [0.25, 0.3) is 0 Å². The Morgan fingerprint density at radius 2 is 1.26 bits per heavy atom. The number of primary amides is 1. The molecule has 0 aliphatic carbocycles. The van der Waals surface area contributed by atoms with Crippen LogP contribution >= 0.6 is 46.6 Å². The summed E-state index contributed by atoms with van der Waals surface area (Å²) in [4.78, 5) is 123. The smallest absolute Gasteiger partial charge is 0.248 e. The Kier molecular flexibility index (Phi) is 29.9. The fourth-order valence-corrected chi connectivity index (χ4v) is 17.6. The summed E-state index contributed by atoms with van der Waals surface area (Å²) in [7, 11) is 1.37. The van der Waals surface area contributed by atoms with E-state index in [0.29, 0.717) is 11.4 Å². The summed E-state index contributed by atoms with van der Waals surface area (Å²) in [6, 6.07) is 15.3. The second kappa shape index (κ2) is 40.1. The Morgan fingerprint density at radius 1 is 0.656 bits per heavy atom. The lowest BCUT2D eigenvalue weighted by Crippen LogP contribution is -2.65. The second-order valence-electron chi connectivity index (χ2n) is 33.0. The number of aliphatic hydroxyl groups is 7. The highest BCUT2D eigenvalue weighted by Crippen LogP contribution is 2.51. The molecule has 0 saturated carbocycles. The van der Waals surface area contributed by atoms with Crippen molar-refractivity contribution in [2.24, 2.45) is 11.5 Å². The molecule has 686 valence electrons. The number of phenolic OH excluding ortho intramolecular Hbond substituents is 3. The molecule has 23 atom stereocenters. The monoisotopic (exact) mass is 1850 g/mol. The molecule has 0 aromatic heterocycles. The molecule has 8 aliphatic heterocycles. The summed E-state index contributed by atoms with van der Waals surface area (Å²) >= 11 is 21.7. The summed E-state index contributed by atoms with van der Waals surface area (Å²) < 4.78 is 53.2. The van der Waals surface area contributed by atoms with Crippen molar-refractivity contribution in [3.8, 4) is 68.2 Å². The molecule has 3 fully saturated rings. The zero-order chi connectivity index (χ0) is 92.4. The van der Waals surface area contributed by atoms with E-state index in [1.807, 2.05) is 36.4 Å². The van der Waals surface area contributed by atoms with Crippen LogP contribution in [0.2, 0.25) is 15.1 Å². The van der Waals surface area contributed by atoms with Crippen LogP contribution in [-0.2, 0) is 68.6 Å². The van der Waals surface area contributed by atoms with Gasteiger partial charge in [0.2, 0.25) is 58.5 Å². The molecule has 128 heavy (non-hydrogen) atoms. The van der Waals surface area contributed by atoms with Crippen LogP contribution in [0.1, 0.15) is 137 Å². The highest BCUT2D eigenvalue weighted by molar-refractivity contribution is 8.13. The van der Waals surface area contributed by atoms with Crippen LogP contribution in [0.5, 0.6) is 46.0 Å². The van der Waals surface area contributed by atoms with E-state index in [9.17, 15) is 65.4 Å². The van der Waals surface area contributed by atoms with Crippen molar-refractivity contribution >= 4 is 93.0 Å². The Bertz CT molecular complexity index is 5320. The molecule has 3 saturated heterocycles. The zero-order valence-electron chi connectivity index (χ0n) is 70.1. The number of halogens is 3. The molecule has 7 aromatic carbocycles. The van der Waals surface area contributed by atoms with Gasteiger partial charge in [-0.1, -0.05) is 108 Å². The number of phenols is 3. The number of likely N-dealkylation sites (N-methyl/N-ethyl adjacent to an activating group) is 1. The fourth-order valence-electron chi connectivity index (χ4n) is 16.3. The minimum Gasteiger partial charge on any atom is -0.508 e. The van der Waals surface area contributed by atoms with Crippen LogP contribution in [0.4, 0.5) is 0 Å². The average molecular weight is 1850 g/mol. The molecule has 40 heteroatoms. The molecule has 36 nitrogen and oxygen atoms in total. The molecule has 7 aromatic rings. The van der Waals surface area contributed by atoms with Gasteiger partial charge >= 0.3 is 0 Å². The normalized spacial score (nSPS) is 29.5. The standard InChI is InChI=1S/C88H101Cl3N10O26S/c1-8-23-128-85(119)68-50-30-48(104)31-56(106)65(50)49-25-43(15-20-55(49)105)66-81(115)101-70(84(118)99-68)74(125-63-33-87(5,93)77(111)38(3)120-63)45-17-22-58(52(91)27-45)123-60-29-46-28-59(122-57-21-16-44(26-51(57)90)71(108)69(100-79(113)53(94-7)24-37(2)103)83(117)96-54(32-62(92)107)80(114)97-67(46)82(116)98-66)75(60)127-86-76(73(110)72(109)61(36-102)124-86)126-64-34-88(6,78(112)39(4)121-64)95-35-40-9-11-41(12-10-40)42-13-18-47(89)19-14-42/h9-22,25-31,37-39,53-54,61,63-64,66-74,76-78,86,94-95,102-106,108-112H,8,23-24,32-36,93H2,1-7H3,(H2,92,107)(H,96,117)(H,97,114)(H,98,116)(H,99,118)(H,100,113)(H,101,115)/t37?,38-,39-,53+,54-,61+,63-,64-,66+,67+,68-,69+,70-,71+,72+,73-,74+,76+,77-,78-,86-,87-,88-/m0/s1. The van der Waals surface area contributed by atoms with E-state index < -0.39 is 255 Å². The summed E-state index contributed by atoms with van der Waals surface area (Å²) in [6.45, 7) is 8.64. The van der Waals surface area contributed by atoms with Crippen molar-refractivity contribution in [1.82, 2.24) is 42.5 Å². The molecular weight excluding hydrogens is 1750 g/mol. The lowest BCUT2D eigenvalue weighted by molar-refractivity contribution is -0.334. The van der Waals surface area contributed by atoms with Crippen molar-refractivity contribution in [3.05, 3.63) is 176 Å². The number of fused-ring (bicyclic) bond motifs is 15. The lowest BCUT2D eigenvalue weighted by Gasteiger charge is -2.48. The van der Waals surface area contributed by atoms with Gasteiger partial charge in [0.1, 0.15) is 95.5 Å². The Hall–Kier alpha value is -10.1. The van der Waals surface area contributed by atoms with Gasteiger partial charge in [0, 0.05) is 58.4 Å². The number of nitrogens with one attached hydrogen (secondary N) is 8. The van der Waals surface area contributed by atoms with E-state index in [2.05, 4.69) is 42.5 Å². The number of aliphatic hydroxyl groups excluding tert-OH is 7. The molecule has 0 spiro atoms. The number of aromatic hydroxyl groups is 3. The first kappa shape index (κ1) is 95.5. The van der Waals surface area contributed by atoms with E-state index in [4.69, 9.17) is 84.2 Å². The van der Waals surface area contributed by atoms with E-state index >= 15 is 24.0 Å². The predicted octanol–water partition coefficient (Wildman–Crippen LogP) is 4.81. The summed E-state index contributed by atoms with van der Waals surface area (Å²) in [5.41, 5.74) is 10.3. The molecule has 15 rings (SSSR count). The van der Waals surface area contributed by atoms with E-state index in [-0.39, 0.29) is 70.9 Å². The first-order valence-corrected chi connectivity index (χ1v) is 43.3. The largest absolute Gasteiger partial charge is 0.508 e. The van der Waals surface area contributed by atoms with Crippen molar-refractivity contribution in [1.29, 1.82) is 0 Å². The zero-order valence-corrected chi connectivity index (χ0v) is 73.2. The predicted molar refractivity (Wildman–Crippen MR) is 462 cm³/mol. The third-order valence-electron chi connectivity index (χ3n) is 23.2. The summed E-state index contributed by atoms with van der Waals surface area (Å²) in [5.74, 6) is -13.7. The van der Waals surface area contributed by atoms with Gasteiger partial charge in [-0.3, -0.25) is 38.4 Å². The number of ether oxygens (including phenoxy) is 8. The number of rotatable bonds is 21. The van der Waals surface area contributed by atoms with Crippen LogP contribution < -0.4 is 68.2 Å². The summed E-state index contributed by atoms with van der Waals surface area (Å²) in [5, 5.41) is 138. The highest BCUT2D eigenvalue weighted by atomic mass is 35.5. The first-order chi connectivity index (χ1) is 60.7. The second-order valence-corrected chi connectivity index (χ2v) is 35.4. The number of hydrogen-bond donors (Lipinski definition) is 20. The molecule has 0 radical (unpaired) electrons. The summed E-state index contributed by atoms with van der Waals surface area (Å²) in [6.07, 6.45) is -24.0. The van der Waals surface area contributed by atoms with Crippen molar-refractivity contribution in [3.63, 3.8) is 0 Å². The Morgan fingerprint density at radius 3 is 1.88 bits per heavy atom. The molecule has 11 bridgehead atoms. The maximum Gasteiger partial charge on any atom is 0.248 e. The molecule has 8 heterocycles. The third-order valence-corrected chi connectivity index (χ3v) is 25.2. The quantitative estimate of drug-likeness (QED) is 0.0459. The fraction of sp³-hybridized carbons (Fsp3) is 0.432. The van der Waals surface area contributed by atoms with Crippen LogP contribution in [0, 0.1) is 0 Å². The van der Waals surface area contributed by atoms with Gasteiger partial charge in [-0.2, -0.15) is 0 Å². The van der Waals surface area contributed by atoms with Gasteiger partial charge in [-0.15, -0.1) is 0 Å². The first-order valence-electron chi connectivity index (χ1n) is 41.2. The number of hydrogen-bond acceptors (Lipinski definition) is 30. The Balaban J connectivity index is 1.02. The van der Waals surface area contributed by atoms with E-state index in [1.54, 1.807) is 32.9 Å². The van der Waals surface area contributed by atoms with Gasteiger partial charge in [-0.05, 0) is 166 Å². The number of benzene rings is 7. The average Bonchev–Trinajstić information content (AvgIpc) is 0.761. The van der Waals surface area contributed by atoms with Crippen molar-refractivity contribution < 1.29 is 127 Å². The van der Waals surface area contributed by atoms with Crippen molar-refractivity contribution in [2.45, 2.75) is 220 Å². The maximum atomic E-state index is 16.7. The number of carbonyl (C=O) groups excluding carboxylic acids is 8.